The first-order valence-electron chi connectivity index (χ1n) is 6.87. The van der Waals surface area contributed by atoms with Gasteiger partial charge in [0.15, 0.2) is 11.2 Å². The molecule has 1 N–H and O–H groups in total. The zero-order valence-electron chi connectivity index (χ0n) is 12.1. The topological polar surface area (TPSA) is 68.0 Å². The van der Waals surface area contributed by atoms with Gasteiger partial charge in [0.1, 0.15) is 0 Å². The van der Waals surface area contributed by atoms with Gasteiger partial charge in [-0.25, -0.2) is 4.98 Å². The molecule has 0 spiro atoms. The quantitative estimate of drug-likeness (QED) is 0.788. The Balaban J connectivity index is 1.93. The molecule has 1 amide bonds. The van der Waals surface area contributed by atoms with Crippen molar-refractivity contribution < 1.29 is 9.21 Å². The number of aromatic nitrogens is 2. The van der Waals surface area contributed by atoms with E-state index in [2.05, 4.69) is 15.3 Å². The van der Waals surface area contributed by atoms with Crippen LogP contribution in [0.25, 0.3) is 22.7 Å². The molecule has 2 aromatic heterocycles. The molecule has 0 fully saturated rings. The predicted octanol–water partition coefficient (Wildman–Crippen LogP) is 4.14. The summed E-state index contributed by atoms with van der Waals surface area (Å²) in [6.07, 6.45) is 1.65. The number of amides is 1. The zero-order chi connectivity index (χ0) is 15.7. The number of nitrogens with zero attached hydrogens (tertiary/aromatic N) is 2. The van der Waals surface area contributed by atoms with E-state index in [1.54, 1.807) is 36.5 Å². The second kappa shape index (κ2) is 5.77. The summed E-state index contributed by atoms with van der Waals surface area (Å²) >= 11 is 6.28. The fraction of sp³-hybridized carbons (Fsp3) is 0.188. The lowest BCUT2D eigenvalue weighted by atomic mass is 10.1. The van der Waals surface area contributed by atoms with E-state index in [0.29, 0.717) is 33.4 Å². The van der Waals surface area contributed by atoms with Gasteiger partial charge in [0, 0.05) is 17.8 Å². The predicted molar refractivity (Wildman–Crippen MR) is 85.7 cm³/mol. The molecule has 112 valence electrons. The largest absolute Gasteiger partial charge is 0.434 e. The number of carbonyl (C=O) groups is 1. The Morgan fingerprint density at radius 2 is 2.14 bits per heavy atom. The van der Waals surface area contributed by atoms with Crippen LogP contribution >= 0.6 is 11.6 Å². The molecule has 0 saturated heterocycles. The lowest BCUT2D eigenvalue weighted by Crippen LogP contribution is -2.17. The number of hydrogen-bond acceptors (Lipinski definition) is 4. The summed E-state index contributed by atoms with van der Waals surface area (Å²) in [5, 5.41) is 3.25. The van der Waals surface area contributed by atoms with Crippen LogP contribution in [0.15, 0.2) is 40.9 Å². The molecule has 2 heterocycles. The molecule has 0 aliphatic rings. The van der Waals surface area contributed by atoms with Gasteiger partial charge in [-0.3, -0.25) is 4.79 Å². The molecule has 3 aromatic rings. The Hall–Kier alpha value is -2.40. The van der Waals surface area contributed by atoms with Crippen molar-refractivity contribution in [3.8, 4) is 11.5 Å². The van der Waals surface area contributed by atoms with E-state index in [0.717, 1.165) is 0 Å². The fourth-order valence-electron chi connectivity index (χ4n) is 1.94. The van der Waals surface area contributed by atoms with Crippen molar-refractivity contribution >= 4 is 34.4 Å². The van der Waals surface area contributed by atoms with Crippen LogP contribution in [0.4, 0.5) is 5.69 Å². The second-order valence-corrected chi connectivity index (χ2v) is 5.59. The second-order valence-electron chi connectivity index (χ2n) is 5.18. The van der Waals surface area contributed by atoms with E-state index < -0.39 is 0 Å². The summed E-state index contributed by atoms with van der Waals surface area (Å²) in [6, 6.07) is 8.79. The Morgan fingerprint density at radius 3 is 2.82 bits per heavy atom. The van der Waals surface area contributed by atoms with Gasteiger partial charge in [-0.2, -0.15) is 4.98 Å². The molecule has 0 aliphatic heterocycles. The minimum Gasteiger partial charge on any atom is -0.434 e. The number of pyridine rings is 1. The van der Waals surface area contributed by atoms with Crippen molar-refractivity contribution in [2.45, 2.75) is 13.8 Å². The number of hydrogen-bond donors (Lipinski definition) is 1. The van der Waals surface area contributed by atoms with Gasteiger partial charge in [0.05, 0.1) is 10.6 Å². The number of benzene rings is 1. The number of oxazole rings is 1. The van der Waals surface area contributed by atoms with Crippen molar-refractivity contribution in [3.63, 3.8) is 0 Å². The normalized spacial score (nSPS) is 11.1. The molecule has 0 saturated carbocycles. The number of rotatable bonds is 3. The first kappa shape index (κ1) is 14.5. The maximum absolute atomic E-state index is 11.7. The van der Waals surface area contributed by atoms with Gasteiger partial charge in [0.25, 0.3) is 0 Å². The number of fused-ring (bicyclic) bond motifs is 1. The minimum atomic E-state index is -0.0958. The summed E-state index contributed by atoms with van der Waals surface area (Å²) in [7, 11) is 0. The van der Waals surface area contributed by atoms with Gasteiger partial charge in [-0.05, 0) is 30.3 Å². The van der Waals surface area contributed by atoms with Crippen LogP contribution in [-0.2, 0) is 4.79 Å². The van der Waals surface area contributed by atoms with Crippen LogP contribution in [-0.4, -0.2) is 15.9 Å². The summed E-state index contributed by atoms with van der Waals surface area (Å²) in [4.78, 5) is 20.1. The Labute approximate surface area is 132 Å². The van der Waals surface area contributed by atoms with E-state index in [-0.39, 0.29) is 11.8 Å². The average Bonchev–Trinajstić information content (AvgIpc) is 2.90. The molecule has 0 aliphatic carbocycles. The fourth-order valence-corrected chi connectivity index (χ4v) is 2.20. The molecule has 0 bridgehead atoms. The van der Waals surface area contributed by atoms with Crippen LogP contribution in [0.3, 0.4) is 0 Å². The summed E-state index contributed by atoms with van der Waals surface area (Å²) in [6.45, 7) is 3.66. The zero-order valence-corrected chi connectivity index (χ0v) is 12.9. The Kier molecular flexibility index (Phi) is 3.81. The smallest absolute Gasteiger partial charge is 0.230 e. The molecule has 0 unspecified atom stereocenters. The van der Waals surface area contributed by atoms with Crippen molar-refractivity contribution in [1.82, 2.24) is 9.97 Å². The molecular weight excluding hydrogens is 302 g/mol. The van der Waals surface area contributed by atoms with Gasteiger partial charge in [0.2, 0.25) is 11.8 Å². The SMILES string of the molecule is CC(C)C(=O)Nc1ccc(-c2nc3ncccc3o2)c(Cl)c1. The highest BCUT2D eigenvalue weighted by Gasteiger charge is 2.14. The summed E-state index contributed by atoms with van der Waals surface area (Å²) in [5.41, 5.74) is 2.43. The monoisotopic (exact) mass is 315 g/mol. The number of carbonyl (C=O) groups excluding carboxylic acids is 1. The third kappa shape index (κ3) is 2.80. The van der Waals surface area contributed by atoms with E-state index in [9.17, 15) is 4.79 Å². The third-order valence-corrected chi connectivity index (χ3v) is 3.47. The van der Waals surface area contributed by atoms with Crippen LogP contribution in [0.2, 0.25) is 5.02 Å². The van der Waals surface area contributed by atoms with Crippen molar-refractivity contribution in [2.24, 2.45) is 5.92 Å². The number of anilines is 1. The maximum Gasteiger partial charge on any atom is 0.230 e. The van der Waals surface area contributed by atoms with Crippen LogP contribution in [0, 0.1) is 5.92 Å². The molecule has 3 rings (SSSR count). The van der Waals surface area contributed by atoms with Gasteiger partial charge >= 0.3 is 0 Å². The Morgan fingerprint density at radius 1 is 1.32 bits per heavy atom. The molecule has 5 nitrogen and oxygen atoms in total. The van der Waals surface area contributed by atoms with Crippen molar-refractivity contribution in [3.05, 3.63) is 41.6 Å². The van der Waals surface area contributed by atoms with Gasteiger partial charge in [-0.15, -0.1) is 0 Å². The first-order chi connectivity index (χ1) is 10.5. The summed E-state index contributed by atoms with van der Waals surface area (Å²) < 4.78 is 5.65. The average molecular weight is 316 g/mol. The molecule has 0 radical (unpaired) electrons. The lowest BCUT2D eigenvalue weighted by Gasteiger charge is -2.09. The van der Waals surface area contributed by atoms with Crippen LogP contribution in [0.5, 0.6) is 0 Å². The number of nitrogens with one attached hydrogen (secondary N) is 1. The highest BCUT2D eigenvalue weighted by molar-refractivity contribution is 6.33. The standard InChI is InChI=1S/C16H14ClN3O2/c1-9(2)15(21)19-10-5-6-11(12(17)8-10)16-20-14-13(22-16)4-3-7-18-14/h3-9H,1-2H3,(H,19,21). The number of halogens is 1. The van der Waals surface area contributed by atoms with Crippen LogP contribution in [0.1, 0.15) is 13.8 Å². The maximum atomic E-state index is 11.7. The van der Waals surface area contributed by atoms with Crippen LogP contribution < -0.4 is 5.32 Å². The van der Waals surface area contributed by atoms with Crippen molar-refractivity contribution in [1.29, 1.82) is 0 Å². The summed E-state index contributed by atoms with van der Waals surface area (Å²) in [5.74, 6) is 0.247. The third-order valence-electron chi connectivity index (χ3n) is 3.16. The minimum absolute atomic E-state index is 0.0603. The highest BCUT2D eigenvalue weighted by atomic mass is 35.5. The molecule has 1 aromatic carbocycles. The molecular formula is C16H14ClN3O2. The van der Waals surface area contributed by atoms with E-state index in [4.69, 9.17) is 16.0 Å². The molecule has 22 heavy (non-hydrogen) atoms. The van der Waals surface area contributed by atoms with Crippen molar-refractivity contribution in [2.75, 3.05) is 5.32 Å². The van der Waals surface area contributed by atoms with Gasteiger partial charge in [-0.1, -0.05) is 25.4 Å². The van der Waals surface area contributed by atoms with Gasteiger partial charge < -0.3 is 9.73 Å². The van der Waals surface area contributed by atoms with E-state index >= 15 is 0 Å². The highest BCUT2D eigenvalue weighted by Crippen LogP contribution is 2.31. The first-order valence-corrected chi connectivity index (χ1v) is 7.25. The van der Waals surface area contributed by atoms with E-state index in [1.165, 1.54) is 0 Å². The Bertz CT molecular complexity index is 809. The lowest BCUT2D eigenvalue weighted by molar-refractivity contribution is -0.118. The molecule has 6 heteroatoms. The molecule has 0 atom stereocenters. The van der Waals surface area contributed by atoms with E-state index in [1.807, 2.05) is 13.8 Å².